The average molecular weight is 365 g/mol. The van der Waals surface area contributed by atoms with Gasteiger partial charge in [0.1, 0.15) is 0 Å². The van der Waals surface area contributed by atoms with Gasteiger partial charge in [0, 0.05) is 12.7 Å². The molecule has 2 heterocycles. The molecule has 2 aliphatic heterocycles. The Hall–Kier alpha value is -2.36. The lowest BCUT2D eigenvalue weighted by Gasteiger charge is -2.36. The van der Waals surface area contributed by atoms with Crippen LogP contribution in [0.5, 0.6) is 0 Å². The van der Waals surface area contributed by atoms with E-state index >= 15 is 0 Å². The summed E-state index contributed by atoms with van der Waals surface area (Å²) in [7, 11) is 0. The molecule has 3 aliphatic rings. The van der Waals surface area contributed by atoms with Crippen LogP contribution in [-0.2, 0) is 11.3 Å². The predicted molar refractivity (Wildman–Crippen MR) is 106 cm³/mol. The summed E-state index contributed by atoms with van der Waals surface area (Å²) in [6, 6.07) is 8.35. The molecule has 1 aromatic carbocycles. The van der Waals surface area contributed by atoms with Gasteiger partial charge in [0.15, 0.2) is 0 Å². The maximum absolute atomic E-state index is 11.8. The van der Waals surface area contributed by atoms with Crippen molar-refractivity contribution >= 4 is 22.4 Å². The Labute approximate surface area is 158 Å². The molecule has 0 spiro atoms. The lowest BCUT2D eigenvalue weighted by atomic mass is 9.88. The summed E-state index contributed by atoms with van der Waals surface area (Å²) >= 11 is 5.80. The van der Waals surface area contributed by atoms with Crippen LogP contribution in [0.3, 0.4) is 0 Å². The van der Waals surface area contributed by atoms with Gasteiger partial charge in [-0.25, -0.2) is 0 Å². The lowest BCUT2D eigenvalue weighted by Crippen LogP contribution is -2.27. The Morgan fingerprint density at radius 2 is 2.00 bits per heavy atom. The van der Waals surface area contributed by atoms with Gasteiger partial charge in [-0.1, -0.05) is 30.8 Å². The summed E-state index contributed by atoms with van der Waals surface area (Å²) in [5, 5.41) is -0.453. The number of hydrogen-bond donors (Lipinski definition) is 1. The van der Waals surface area contributed by atoms with Gasteiger partial charge < -0.3 is 10.6 Å². The molecule has 4 heteroatoms. The van der Waals surface area contributed by atoms with E-state index in [1.165, 1.54) is 16.7 Å². The molecule has 26 heavy (non-hydrogen) atoms. The zero-order valence-corrected chi connectivity index (χ0v) is 15.5. The van der Waals surface area contributed by atoms with Crippen molar-refractivity contribution in [3.8, 4) is 0 Å². The fourth-order valence-corrected chi connectivity index (χ4v) is 3.85. The van der Waals surface area contributed by atoms with Crippen LogP contribution in [0.1, 0.15) is 30.9 Å². The van der Waals surface area contributed by atoms with E-state index in [1.54, 1.807) is 0 Å². The molecule has 1 aromatic rings. The number of halogens is 1. The van der Waals surface area contributed by atoms with E-state index in [4.69, 9.17) is 17.3 Å². The Balaban J connectivity index is 1.86. The Morgan fingerprint density at radius 1 is 1.31 bits per heavy atom. The van der Waals surface area contributed by atoms with Gasteiger partial charge in [0.05, 0.1) is 17.0 Å². The standard InChI is InChI=1S/C22H21ClN2O/c1-13-18(16-5-3-15(12-24)4-6-16)9-10-25-14(2)19(22(23)26)11-20(21(13)25)17-7-8-17/h3-6,9-11,17H,2,7-8,12,24H2,1H3. The van der Waals surface area contributed by atoms with Gasteiger partial charge in [-0.15, -0.1) is 0 Å². The van der Waals surface area contributed by atoms with E-state index in [-0.39, 0.29) is 0 Å². The molecule has 0 saturated heterocycles. The highest BCUT2D eigenvalue weighted by molar-refractivity contribution is 6.68. The second-order valence-corrected chi connectivity index (χ2v) is 7.33. The van der Waals surface area contributed by atoms with Gasteiger partial charge in [-0.3, -0.25) is 4.79 Å². The Morgan fingerprint density at radius 3 is 2.58 bits per heavy atom. The van der Waals surface area contributed by atoms with Crippen molar-refractivity contribution in [2.24, 2.45) is 11.7 Å². The molecule has 0 aromatic heterocycles. The van der Waals surface area contributed by atoms with Crippen LogP contribution >= 0.6 is 11.6 Å². The van der Waals surface area contributed by atoms with Crippen LogP contribution in [0.25, 0.3) is 5.57 Å². The summed E-state index contributed by atoms with van der Waals surface area (Å²) in [4.78, 5) is 13.9. The number of allylic oxidation sites excluding steroid dienone is 6. The minimum Gasteiger partial charge on any atom is -0.326 e. The molecule has 0 amide bonds. The summed E-state index contributed by atoms with van der Waals surface area (Å²) in [5.74, 6) is 0.494. The van der Waals surface area contributed by atoms with Crippen LogP contribution in [-0.4, -0.2) is 10.1 Å². The summed E-state index contributed by atoms with van der Waals surface area (Å²) in [6.45, 7) is 6.78. The highest BCUT2D eigenvalue weighted by Gasteiger charge is 2.36. The third-order valence-electron chi connectivity index (χ3n) is 5.29. The molecular weight excluding hydrogens is 344 g/mol. The summed E-state index contributed by atoms with van der Waals surface area (Å²) in [6.07, 6.45) is 8.31. The van der Waals surface area contributed by atoms with E-state index in [2.05, 4.69) is 43.8 Å². The fourth-order valence-electron chi connectivity index (χ4n) is 3.68. The predicted octanol–water partition coefficient (Wildman–Crippen LogP) is 4.63. The average Bonchev–Trinajstić information content (AvgIpc) is 3.47. The number of carbonyl (C=O) groups excluding carboxylic acids is 1. The first kappa shape index (κ1) is 17.1. The minimum atomic E-state index is -0.453. The summed E-state index contributed by atoms with van der Waals surface area (Å²) < 4.78 is 0. The number of fused-ring (bicyclic) bond motifs is 1. The molecule has 4 rings (SSSR count). The van der Waals surface area contributed by atoms with E-state index < -0.39 is 5.24 Å². The van der Waals surface area contributed by atoms with E-state index in [0.29, 0.717) is 23.7 Å². The number of rotatable bonds is 4. The van der Waals surface area contributed by atoms with Crippen LogP contribution in [0.2, 0.25) is 0 Å². The van der Waals surface area contributed by atoms with Gasteiger partial charge in [0.25, 0.3) is 5.24 Å². The molecule has 0 radical (unpaired) electrons. The van der Waals surface area contributed by atoms with Crippen LogP contribution < -0.4 is 5.73 Å². The molecule has 1 aliphatic carbocycles. The van der Waals surface area contributed by atoms with Crippen molar-refractivity contribution in [1.29, 1.82) is 0 Å². The monoisotopic (exact) mass is 364 g/mol. The third kappa shape index (κ3) is 2.77. The van der Waals surface area contributed by atoms with E-state index in [9.17, 15) is 4.79 Å². The Kier molecular flexibility index (Phi) is 4.22. The molecule has 1 saturated carbocycles. The highest BCUT2D eigenvalue weighted by atomic mass is 35.5. The molecule has 0 atom stereocenters. The van der Waals surface area contributed by atoms with Crippen molar-refractivity contribution in [1.82, 2.24) is 4.90 Å². The molecule has 0 bridgehead atoms. The second kappa shape index (κ2) is 6.42. The lowest BCUT2D eigenvalue weighted by molar-refractivity contribution is -0.108. The van der Waals surface area contributed by atoms with E-state index in [1.807, 2.05) is 17.2 Å². The van der Waals surface area contributed by atoms with Crippen LogP contribution in [0.4, 0.5) is 0 Å². The Bertz CT molecular complexity index is 927. The molecular formula is C22H21ClN2O. The zero-order valence-electron chi connectivity index (χ0n) is 14.8. The molecule has 3 nitrogen and oxygen atoms in total. The van der Waals surface area contributed by atoms with Gasteiger partial charge in [-0.2, -0.15) is 0 Å². The smallest absolute Gasteiger partial charge is 0.254 e. The maximum Gasteiger partial charge on any atom is 0.254 e. The van der Waals surface area contributed by atoms with Crippen LogP contribution in [0, 0.1) is 5.92 Å². The first-order chi connectivity index (χ1) is 12.5. The SMILES string of the molecule is C=C1C(C(=O)Cl)=CC(C2CC2)=C2C(C)=C(c3ccc(CN)cc3)C=CN12. The quantitative estimate of drug-likeness (QED) is 0.792. The first-order valence-corrected chi connectivity index (χ1v) is 9.22. The minimum absolute atomic E-state index is 0.453. The second-order valence-electron chi connectivity index (χ2n) is 6.98. The number of nitrogens with zero attached hydrogens (tertiary/aromatic N) is 1. The first-order valence-electron chi connectivity index (χ1n) is 8.84. The number of carbonyl (C=O) groups is 1. The normalized spacial score (nSPS) is 19.7. The maximum atomic E-state index is 11.8. The zero-order chi connectivity index (χ0) is 18.4. The molecule has 1 fully saturated rings. The molecule has 132 valence electrons. The summed E-state index contributed by atoms with van der Waals surface area (Å²) in [5.41, 5.74) is 13.8. The van der Waals surface area contributed by atoms with Crippen LogP contribution in [0.15, 0.2) is 77.3 Å². The largest absolute Gasteiger partial charge is 0.326 e. The molecule has 2 N–H and O–H groups in total. The van der Waals surface area contributed by atoms with Gasteiger partial charge >= 0.3 is 0 Å². The number of benzene rings is 1. The van der Waals surface area contributed by atoms with Crippen molar-refractivity contribution in [3.63, 3.8) is 0 Å². The van der Waals surface area contributed by atoms with E-state index in [0.717, 1.165) is 29.7 Å². The number of hydrogen-bond acceptors (Lipinski definition) is 3. The van der Waals surface area contributed by atoms with Crippen molar-refractivity contribution in [3.05, 3.63) is 88.4 Å². The third-order valence-corrected chi connectivity index (χ3v) is 5.50. The fraction of sp³-hybridized carbons (Fsp3) is 0.227. The van der Waals surface area contributed by atoms with Crippen molar-refractivity contribution < 1.29 is 4.79 Å². The topological polar surface area (TPSA) is 46.3 Å². The van der Waals surface area contributed by atoms with Crippen molar-refractivity contribution in [2.75, 3.05) is 0 Å². The van der Waals surface area contributed by atoms with Crippen molar-refractivity contribution in [2.45, 2.75) is 26.3 Å². The highest BCUT2D eigenvalue weighted by Crippen LogP contribution is 2.47. The molecule has 0 unspecified atom stereocenters. The van der Waals surface area contributed by atoms with Gasteiger partial charge in [0.2, 0.25) is 0 Å². The number of nitrogens with two attached hydrogens (primary N) is 1. The van der Waals surface area contributed by atoms with Gasteiger partial charge in [-0.05, 0) is 77.3 Å².